The highest BCUT2D eigenvalue weighted by Gasteiger charge is 2.42. The SMILES string of the molecule is COCCN(C)c1ccc(NC(=O)c2nc(-c3ccccc3Cl)oc2C(F)(F)F)cn1. The van der Waals surface area contributed by atoms with Crippen molar-refractivity contribution in [2.75, 3.05) is 37.5 Å². The van der Waals surface area contributed by atoms with E-state index in [1.54, 1.807) is 32.4 Å². The van der Waals surface area contributed by atoms with Gasteiger partial charge in [0, 0.05) is 20.7 Å². The Morgan fingerprint density at radius 1 is 1.26 bits per heavy atom. The van der Waals surface area contributed by atoms with Gasteiger partial charge in [0.25, 0.3) is 5.91 Å². The molecule has 0 fully saturated rings. The third-order valence-electron chi connectivity index (χ3n) is 4.23. The van der Waals surface area contributed by atoms with Crippen molar-refractivity contribution in [3.63, 3.8) is 0 Å². The van der Waals surface area contributed by atoms with Crippen LogP contribution in [0.4, 0.5) is 24.7 Å². The summed E-state index contributed by atoms with van der Waals surface area (Å²) in [6.45, 7) is 1.09. The number of rotatable bonds is 7. The van der Waals surface area contributed by atoms with E-state index in [0.29, 0.717) is 19.0 Å². The molecule has 0 aliphatic carbocycles. The molecule has 0 aliphatic heterocycles. The minimum absolute atomic E-state index is 0.138. The average molecular weight is 455 g/mol. The van der Waals surface area contributed by atoms with Crippen LogP contribution >= 0.6 is 11.6 Å². The third-order valence-corrected chi connectivity index (χ3v) is 4.56. The van der Waals surface area contributed by atoms with Crippen LogP contribution in [0.25, 0.3) is 11.5 Å². The fourth-order valence-corrected chi connectivity index (χ4v) is 2.85. The van der Waals surface area contributed by atoms with Crippen LogP contribution in [-0.2, 0) is 10.9 Å². The number of nitrogens with zero attached hydrogens (tertiary/aromatic N) is 3. The summed E-state index contributed by atoms with van der Waals surface area (Å²) in [5.74, 6) is -2.40. The summed E-state index contributed by atoms with van der Waals surface area (Å²) in [6.07, 6.45) is -3.59. The van der Waals surface area contributed by atoms with Gasteiger partial charge in [-0.15, -0.1) is 0 Å². The van der Waals surface area contributed by atoms with Gasteiger partial charge in [-0.3, -0.25) is 4.79 Å². The number of methoxy groups -OCH3 is 1. The molecule has 2 heterocycles. The maximum atomic E-state index is 13.4. The highest BCUT2D eigenvalue weighted by Crippen LogP contribution is 2.37. The number of anilines is 2. The summed E-state index contributed by atoms with van der Waals surface area (Å²) in [6, 6.07) is 9.23. The van der Waals surface area contributed by atoms with E-state index in [9.17, 15) is 18.0 Å². The predicted molar refractivity (Wildman–Crippen MR) is 109 cm³/mol. The fourth-order valence-electron chi connectivity index (χ4n) is 2.63. The lowest BCUT2D eigenvalue weighted by Gasteiger charge is -2.17. The molecule has 0 atom stereocenters. The molecular weight excluding hydrogens is 437 g/mol. The maximum Gasteiger partial charge on any atom is 0.452 e. The van der Waals surface area contributed by atoms with Crippen LogP contribution in [0.3, 0.4) is 0 Å². The van der Waals surface area contributed by atoms with Crippen molar-refractivity contribution in [1.82, 2.24) is 9.97 Å². The van der Waals surface area contributed by atoms with Crippen LogP contribution < -0.4 is 10.2 Å². The van der Waals surface area contributed by atoms with Crippen molar-refractivity contribution in [2.45, 2.75) is 6.18 Å². The summed E-state index contributed by atoms with van der Waals surface area (Å²) < 4.78 is 50.2. The first-order valence-corrected chi connectivity index (χ1v) is 9.39. The third kappa shape index (κ3) is 5.33. The van der Waals surface area contributed by atoms with Crippen molar-refractivity contribution < 1.29 is 27.1 Å². The number of pyridine rings is 1. The second-order valence-corrected chi connectivity index (χ2v) is 6.86. The first-order valence-electron chi connectivity index (χ1n) is 9.01. The zero-order valence-electron chi connectivity index (χ0n) is 16.5. The Balaban J connectivity index is 1.85. The monoisotopic (exact) mass is 454 g/mol. The van der Waals surface area contributed by atoms with Crippen molar-refractivity contribution in [3.8, 4) is 11.5 Å². The fraction of sp³-hybridized carbons (Fsp3) is 0.250. The van der Waals surface area contributed by atoms with Gasteiger partial charge >= 0.3 is 6.18 Å². The Hall–Kier alpha value is -3.11. The van der Waals surface area contributed by atoms with Gasteiger partial charge in [0.15, 0.2) is 5.69 Å². The van der Waals surface area contributed by atoms with E-state index in [4.69, 9.17) is 20.8 Å². The molecule has 1 amide bonds. The molecule has 0 aliphatic rings. The maximum absolute atomic E-state index is 13.4. The summed E-state index contributed by atoms with van der Waals surface area (Å²) >= 11 is 6.01. The zero-order chi connectivity index (χ0) is 22.6. The van der Waals surface area contributed by atoms with Crippen molar-refractivity contribution in [2.24, 2.45) is 0 Å². The quantitative estimate of drug-likeness (QED) is 0.555. The van der Waals surface area contributed by atoms with Gasteiger partial charge in [0.1, 0.15) is 5.82 Å². The smallest absolute Gasteiger partial charge is 0.431 e. The number of aromatic nitrogens is 2. The van der Waals surface area contributed by atoms with Crippen LogP contribution in [0.5, 0.6) is 0 Å². The number of alkyl halides is 3. The van der Waals surface area contributed by atoms with E-state index in [2.05, 4.69) is 15.3 Å². The number of likely N-dealkylation sites (N-methyl/N-ethyl adjacent to an activating group) is 1. The molecule has 2 aromatic heterocycles. The minimum atomic E-state index is -4.93. The van der Waals surface area contributed by atoms with Crippen LogP contribution in [0.1, 0.15) is 16.2 Å². The molecule has 1 aromatic carbocycles. The molecule has 0 saturated heterocycles. The van der Waals surface area contributed by atoms with Gasteiger partial charge in [-0.25, -0.2) is 9.97 Å². The largest absolute Gasteiger partial charge is 0.452 e. The molecule has 164 valence electrons. The van der Waals surface area contributed by atoms with Crippen LogP contribution in [-0.4, -0.2) is 43.2 Å². The van der Waals surface area contributed by atoms with Crippen LogP contribution in [0, 0.1) is 0 Å². The van der Waals surface area contributed by atoms with Crippen molar-refractivity contribution in [1.29, 1.82) is 0 Å². The first-order chi connectivity index (χ1) is 14.7. The van der Waals surface area contributed by atoms with E-state index in [-0.39, 0.29) is 16.3 Å². The molecule has 0 saturated carbocycles. The van der Waals surface area contributed by atoms with Gasteiger partial charge in [0.2, 0.25) is 11.7 Å². The molecule has 0 bridgehead atoms. The van der Waals surface area contributed by atoms with Gasteiger partial charge < -0.3 is 19.4 Å². The number of hydrogen-bond acceptors (Lipinski definition) is 6. The lowest BCUT2D eigenvalue weighted by Crippen LogP contribution is -2.23. The van der Waals surface area contributed by atoms with E-state index < -0.39 is 29.4 Å². The van der Waals surface area contributed by atoms with E-state index in [0.717, 1.165) is 0 Å². The second kappa shape index (κ2) is 9.36. The summed E-state index contributed by atoms with van der Waals surface area (Å²) in [5, 5.41) is 2.50. The Bertz CT molecular complexity index is 1050. The van der Waals surface area contributed by atoms with E-state index in [1.807, 2.05) is 4.90 Å². The first kappa shape index (κ1) is 22.6. The normalized spacial score (nSPS) is 11.4. The van der Waals surface area contributed by atoms with Crippen molar-refractivity contribution >= 4 is 29.0 Å². The lowest BCUT2D eigenvalue weighted by atomic mass is 10.2. The van der Waals surface area contributed by atoms with Crippen LogP contribution in [0.15, 0.2) is 47.0 Å². The number of amides is 1. The number of halogens is 4. The second-order valence-electron chi connectivity index (χ2n) is 6.45. The molecule has 7 nitrogen and oxygen atoms in total. The summed E-state index contributed by atoms with van der Waals surface area (Å²) in [5.41, 5.74) is -0.563. The number of carbonyl (C=O) groups excluding carboxylic acids is 1. The molecule has 0 unspecified atom stereocenters. The molecule has 1 N–H and O–H groups in total. The highest BCUT2D eigenvalue weighted by molar-refractivity contribution is 6.33. The van der Waals surface area contributed by atoms with Crippen molar-refractivity contribution in [3.05, 3.63) is 59.1 Å². The topological polar surface area (TPSA) is 80.5 Å². The Kier molecular flexibility index (Phi) is 6.81. The molecule has 31 heavy (non-hydrogen) atoms. The van der Waals surface area contributed by atoms with Gasteiger partial charge in [-0.05, 0) is 24.3 Å². The Morgan fingerprint density at radius 3 is 2.61 bits per heavy atom. The highest BCUT2D eigenvalue weighted by atomic mass is 35.5. The Morgan fingerprint density at radius 2 is 2.00 bits per heavy atom. The van der Waals surface area contributed by atoms with Gasteiger partial charge in [-0.2, -0.15) is 13.2 Å². The van der Waals surface area contributed by atoms with Gasteiger partial charge in [0.05, 0.1) is 29.1 Å². The number of carbonyl (C=O) groups is 1. The molecular formula is C20H18ClF3N4O3. The van der Waals surface area contributed by atoms with Gasteiger partial charge in [-0.1, -0.05) is 23.7 Å². The van der Waals surface area contributed by atoms with Crippen LogP contribution in [0.2, 0.25) is 5.02 Å². The molecule has 11 heteroatoms. The number of oxazole rings is 1. The number of hydrogen-bond donors (Lipinski definition) is 1. The number of ether oxygens (including phenoxy) is 1. The molecule has 0 radical (unpaired) electrons. The summed E-state index contributed by atoms with van der Waals surface area (Å²) in [7, 11) is 3.39. The molecule has 3 aromatic rings. The molecule has 0 spiro atoms. The standard InChI is InChI=1S/C20H18ClF3N4O3/c1-28(9-10-30-2)15-8-7-12(11-25-15)26-18(29)16-17(20(22,23)24)31-19(27-16)13-5-3-4-6-14(13)21/h3-8,11H,9-10H2,1-2H3,(H,26,29). The summed E-state index contributed by atoms with van der Waals surface area (Å²) in [4.78, 5) is 22.3. The van der Waals surface area contributed by atoms with E-state index in [1.165, 1.54) is 24.4 Å². The Labute approximate surface area is 180 Å². The lowest BCUT2D eigenvalue weighted by molar-refractivity contribution is -0.153. The average Bonchev–Trinajstić information content (AvgIpc) is 3.19. The number of benzene rings is 1. The number of nitrogens with one attached hydrogen (secondary N) is 1. The van der Waals surface area contributed by atoms with E-state index >= 15 is 0 Å². The molecule has 3 rings (SSSR count). The minimum Gasteiger partial charge on any atom is -0.431 e. The predicted octanol–water partition coefficient (Wildman–Crippen LogP) is 4.74. The zero-order valence-corrected chi connectivity index (χ0v) is 17.3.